The fourth-order valence-corrected chi connectivity index (χ4v) is 0.690. The van der Waals surface area contributed by atoms with Crippen LogP contribution in [0.25, 0.3) is 0 Å². The SMILES string of the molecule is CCOC(=O)N(C)CC(=O)CCl. The van der Waals surface area contributed by atoms with Crippen LogP contribution in [0.5, 0.6) is 0 Å². The Labute approximate surface area is 76.4 Å². The van der Waals surface area contributed by atoms with Crippen molar-refractivity contribution < 1.29 is 14.3 Å². The van der Waals surface area contributed by atoms with E-state index in [4.69, 9.17) is 11.6 Å². The van der Waals surface area contributed by atoms with E-state index in [1.807, 2.05) is 0 Å². The van der Waals surface area contributed by atoms with E-state index in [0.717, 1.165) is 0 Å². The fraction of sp³-hybridized carbons (Fsp3) is 0.714. The van der Waals surface area contributed by atoms with Crippen LogP contribution in [0.4, 0.5) is 4.79 Å². The lowest BCUT2D eigenvalue weighted by Crippen LogP contribution is -2.33. The minimum atomic E-state index is -0.504. The summed E-state index contributed by atoms with van der Waals surface area (Å²) in [6, 6.07) is 0. The van der Waals surface area contributed by atoms with E-state index in [9.17, 15) is 9.59 Å². The lowest BCUT2D eigenvalue weighted by molar-refractivity contribution is -0.117. The number of hydrogen-bond acceptors (Lipinski definition) is 3. The normalized spacial score (nSPS) is 9.25. The Morgan fingerprint density at radius 3 is 2.50 bits per heavy atom. The van der Waals surface area contributed by atoms with Crippen LogP contribution < -0.4 is 0 Å². The molecule has 0 aromatic heterocycles. The monoisotopic (exact) mass is 193 g/mol. The van der Waals surface area contributed by atoms with Crippen molar-refractivity contribution >= 4 is 23.5 Å². The summed E-state index contributed by atoms with van der Waals surface area (Å²) in [7, 11) is 1.49. The highest BCUT2D eigenvalue weighted by atomic mass is 35.5. The molecule has 0 aliphatic carbocycles. The Bertz CT molecular complexity index is 172. The van der Waals surface area contributed by atoms with Crippen molar-refractivity contribution in [1.82, 2.24) is 4.90 Å². The molecule has 0 radical (unpaired) electrons. The molecule has 0 N–H and O–H groups in total. The van der Waals surface area contributed by atoms with Crippen LogP contribution in [0.15, 0.2) is 0 Å². The Morgan fingerprint density at radius 1 is 1.50 bits per heavy atom. The van der Waals surface area contributed by atoms with Crippen molar-refractivity contribution in [2.75, 3.05) is 26.1 Å². The molecule has 0 aromatic rings. The number of hydrogen-bond donors (Lipinski definition) is 0. The highest BCUT2D eigenvalue weighted by Gasteiger charge is 2.11. The molecule has 5 heteroatoms. The summed E-state index contributed by atoms with van der Waals surface area (Å²) in [6.45, 7) is 2.01. The van der Waals surface area contributed by atoms with Crippen LogP contribution in [0.1, 0.15) is 6.92 Å². The number of carbonyl (C=O) groups is 2. The molecule has 0 fully saturated rings. The van der Waals surface area contributed by atoms with Gasteiger partial charge in [0.15, 0.2) is 5.78 Å². The first-order chi connectivity index (χ1) is 5.61. The average Bonchev–Trinajstić information content (AvgIpc) is 2.04. The van der Waals surface area contributed by atoms with E-state index < -0.39 is 6.09 Å². The molecule has 0 saturated carbocycles. The van der Waals surface area contributed by atoms with E-state index in [1.54, 1.807) is 6.92 Å². The lowest BCUT2D eigenvalue weighted by Gasteiger charge is -2.14. The number of ether oxygens (including phenoxy) is 1. The topological polar surface area (TPSA) is 46.6 Å². The standard InChI is InChI=1S/C7H12ClNO3/c1-3-12-7(11)9(2)5-6(10)4-8/h3-5H2,1-2H3. The van der Waals surface area contributed by atoms with Gasteiger partial charge in [-0.15, -0.1) is 11.6 Å². The van der Waals surface area contributed by atoms with Crippen LogP contribution in [0.3, 0.4) is 0 Å². The molecular formula is C7H12ClNO3. The predicted octanol–water partition coefficient (Wildman–Crippen LogP) is 0.883. The van der Waals surface area contributed by atoms with E-state index in [0.29, 0.717) is 6.61 Å². The summed E-state index contributed by atoms with van der Waals surface area (Å²) in [6.07, 6.45) is -0.504. The number of nitrogens with zero attached hydrogens (tertiary/aromatic N) is 1. The molecular weight excluding hydrogens is 182 g/mol. The molecule has 0 unspecified atom stereocenters. The van der Waals surface area contributed by atoms with Gasteiger partial charge in [-0.3, -0.25) is 4.79 Å². The van der Waals surface area contributed by atoms with Gasteiger partial charge in [0.1, 0.15) is 0 Å². The van der Waals surface area contributed by atoms with Gasteiger partial charge in [0.25, 0.3) is 0 Å². The van der Waals surface area contributed by atoms with Gasteiger partial charge in [0.2, 0.25) is 0 Å². The van der Waals surface area contributed by atoms with Crippen LogP contribution in [0.2, 0.25) is 0 Å². The number of amides is 1. The molecule has 70 valence electrons. The Hall–Kier alpha value is -0.770. The highest BCUT2D eigenvalue weighted by molar-refractivity contribution is 6.28. The zero-order valence-electron chi connectivity index (χ0n) is 7.17. The van der Waals surface area contributed by atoms with Gasteiger partial charge in [0, 0.05) is 7.05 Å². The third-order valence-corrected chi connectivity index (χ3v) is 1.44. The zero-order chi connectivity index (χ0) is 9.56. The third-order valence-electron chi connectivity index (χ3n) is 1.14. The molecule has 0 aliphatic heterocycles. The van der Waals surface area contributed by atoms with Crippen LogP contribution in [-0.2, 0) is 9.53 Å². The van der Waals surface area contributed by atoms with Crippen molar-refractivity contribution in [3.05, 3.63) is 0 Å². The summed E-state index contributed by atoms with van der Waals surface area (Å²) in [5.74, 6) is -0.281. The molecule has 1 amide bonds. The second-order valence-electron chi connectivity index (χ2n) is 2.23. The van der Waals surface area contributed by atoms with Gasteiger partial charge >= 0.3 is 6.09 Å². The molecule has 0 atom stereocenters. The van der Waals surface area contributed by atoms with E-state index >= 15 is 0 Å². The zero-order valence-corrected chi connectivity index (χ0v) is 7.93. The quantitative estimate of drug-likeness (QED) is 0.623. The number of carbonyl (C=O) groups excluding carboxylic acids is 2. The number of ketones is 1. The van der Waals surface area contributed by atoms with E-state index in [2.05, 4.69) is 4.74 Å². The summed E-state index contributed by atoms with van der Waals surface area (Å²) in [5, 5.41) is 0. The predicted molar refractivity (Wildman–Crippen MR) is 45.4 cm³/mol. The van der Waals surface area contributed by atoms with Gasteiger partial charge in [-0.05, 0) is 6.92 Å². The minimum Gasteiger partial charge on any atom is -0.450 e. The fourth-order valence-electron chi connectivity index (χ4n) is 0.605. The van der Waals surface area contributed by atoms with Gasteiger partial charge in [0.05, 0.1) is 19.0 Å². The highest BCUT2D eigenvalue weighted by Crippen LogP contribution is 1.91. The number of halogens is 1. The second-order valence-corrected chi connectivity index (χ2v) is 2.49. The molecule has 0 aromatic carbocycles. The molecule has 0 heterocycles. The second kappa shape index (κ2) is 5.83. The van der Waals surface area contributed by atoms with Crippen molar-refractivity contribution in [3.8, 4) is 0 Å². The smallest absolute Gasteiger partial charge is 0.409 e. The maximum absolute atomic E-state index is 10.9. The van der Waals surface area contributed by atoms with Gasteiger partial charge in [-0.1, -0.05) is 0 Å². The maximum atomic E-state index is 10.9. The molecule has 0 saturated heterocycles. The number of likely N-dealkylation sites (N-methyl/N-ethyl adjacent to an activating group) is 1. The molecule has 0 rings (SSSR count). The number of Topliss-reactive ketones (excluding diaryl/α,β-unsaturated/α-hetero) is 1. The van der Waals surface area contributed by atoms with Crippen LogP contribution in [0, 0.1) is 0 Å². The third kappa shape index (κ3) is 4.18. The summed E-state index contributed by atoms with van der Waals surface area (Å²) in [4.78, 5) is 22.8. The lowest BCUT2D eigenvalue weighted by atomic mass is 10.4. The first-order valence-corrected chi connectivity index (χ1v) is 4.10. The summed E-state index contributed by atoms with van der Waals surface area (Å²) < 4.78 is 4.64. The number of rotatable bonds is 4. The Kier molecular flexibility index (Phi) is 5.45. The Balaban J connectivity index is 3.78. The first-order valence-electron chi connectivity index (χ1n) is 3.57. The van der Waals surface area contributed by atoms with Gasteiger partial charge in [-0.2, -0.15) is 0 Å². The van der Waals surface area contributed by atoms with Gasteiger partial charge < -0.3 is 9.64 Å². The van der Waals surface area contributed by atoms with E-state index in [1.165, 1.54) is 11.9 Å². The largest absolute Gasteiger partial charge is 0.450 e. The first kappa shape index (κ1) is 11.2. The Morgan fingerprint density at radius 2 is 2.08 bits per heavy atom. The summed E-state index contributed by atoms with van der Waals surface area (Å²) in [5.41, 5.74) is 0. The molecule has 0 aliphatic rings. The molecule has 12 heavy (non-hydrogen) atoms. The van der Waals surface area contributed by atoms with Crippen molar-refractivity contribution in [2.24, 2.45) is 0 Å². The average molecular weight is 194 g/mol. The van der Waals surface area contributed by atoms with Crippen LogP contribution >= 0.6 is 11.6 Å². The van der Waals surface area contributed by atoms with Crippen molar-refractivity contribution in [3.63, 3.8) is 0 Å². The maximum Gasteiger partial charge on any atom is 0.409 e. The van der Waals surface area contributed by atoms with Gasteiger partial charge in [-0.25, -0.2) is 4.79 Å². The molecule has 0 spiro atoms. The minimum absolute atomic E-state index is 0.00231. The van der Waals surface area contributed by atoms with Crippen molar-refractivity contribution in [1.29, 1.82) is 0 Å². The molecule has 4 nitrogen and oxygen atoms in total. The number of alkyl halides is 1. The molecule has 0 bridgehead atoms. The summed E-state index contributed by atoms with van der Waals surface area (Å²) >= 11 is 5.25. The van der Waals surface area contributed by atoms with Crippen molar-refractivity contribution in [2.45, 2.75) is 6.92 Å². The van der Waals surface area contributed by atoms with E-state index in [-0.39, 0.29) is 18.2 Å². The van der Waals surface area contributed by atoms with Crippen LogP contribution in [-0.4, -0.2) is 42.9 Å².